The van der Waals surface area contributed by atoms with Crippen molar-refractivity contribution in [3.63, 3.8) is 0 Å². The van der Waals surface area contributed by atoms with Gasteiger partial charge in [0.25, 0.3) is 0 Å². The number of aromatic nitrogens is 3. The number of hydrogen-bond acceptors (Lipinski definition) is 4. The number of nitrogens with zero attached hydrogens (tertiary/aromatic N) is 4. The summed E-state index contributed by atoms with van der Waals surface area (Å²) in [6.45, 7) is 17.4. The molecule has 0 radical (unpaired) electrons. The van der Waals surface area contributed by atoms with Gasteiger partial charge in [-0.05, 0) is 74.8 Å². The van der Waals surface area contributed by atoms with Crippen molar-refractivity contribution in [3.05, 3.63) is 42.0 Å². The van der Waals surface area contributed by atoms with Crippen molar-refractivity contribution in [2.75, 3.05) is 11.9 Å². The number of anilines is 1. The number of rotatable bonds is 7. The van der Waals surface area contributed by atoms with Crippen LogP contribution in [-0.2, 0) is 0 Å². The van der Waals surface area contributed by atoms with Gasteiger partial charge in [0.15, 0.2) is 0 Å². The standard InChI is InChI=1S/C22H28FN5.C4H10/c1-14(2)7-6-9-24-22-25-13-20-18(8-10-28(20)27-22)17-11-16(5)21(19(23)12-17)26-15(3)4;1-4(2)3/h8,10-14H,6-7,9H2,1-5H3,(H,24,27);4H,1-3H3. The van der Waals surface area contributed by atoms with Crippen molar-refractivity contribution in [2.45, 2.75) is 68.2 Å². The SMILES string of the molecule is CC(C)=Nc1c(C)cc(-c2ccn3nc(NCCCC(C)C)ncc23)cc1F.CC(C)C. The summed E-state index contributed by atoms with van der Waals surface area (Å²) in [5.74, 6) is 1.81. The lowest BCUT2D eigenvalue weighted by Gasteiger charge is -2.08. The molecule has 2 aromatic heterocycles. The topological polar surface area (TPSA) is 54.6 Å². The van der Waals surface area contributed by atoms with Gasteiger partial charge in [0.2, 0.25) is 5.95 Å². The molecule has 1 aromatic carbocycles. The van der Waals surface area contributed by atoms with E-state index in [4.69, 9.17) is 0 Å². The summed E-state index contributed by atoms with van der Waals surface area (Å²) in [5.41, 5.74) is 4.57. The van der Waals surface area contributed by atoms with E-state index in [0.29, 0.717) is 17.6 Å². The summed E-state index contributed by atoms with van der Waals surface area (Å²) in [7, 11) is 0. The third-order valence-corrected chi connectivity index (χ3v) is 4.56. The Labute approximate surface area is 192 Å². The van der Waals surface area contributed by atoms with Crippen LogP contribution in [0.15, 0.2) is 35.6 Å². The quantitative estimate of drug-likeness (QED) is 0.307. The van der Waals surface area contributed by atoms with Crippen molar-refractivity contribution in [1.29, 1.82) is 0 Å². The summed E-state index contributed by atoms with van der Waals surface area (Å²) in [6, 6.07) is 5.43. The van der Waals surface area contributed by atoms with Crippen molar-refractivity contribution >= 4 is 22.9 Å². The first-order valence-corrected chi connectivity index (χ1v) is 11.5. The predicted molar refractivity (Wildman–Crippen MR) is 135 cm³/mol. The number of aliphatic imine (C=N–C) groups is 1. The molecule has 0 fully saturated rings. The molecule has 0 unspecified atom stereocenters. The molecule has 174 valence electrons. The normalized spacial score (nSPS) is 11.0. The molecule has 3 aromatic rings. The lowest BCUT2D eigenvalue weighted by atomic mass is 10.0. The Morgan fingerprint density at radius 1 is 1.16 bits per heavy atom. The zero-order valence-corrected chi connectivity index (χ0v) is 20.8. The molecule has 0 saturated heterocycles. The van der Waals surface area contributed by atoms with Gasteiger partial charge in [-0.2, -0.15) is 0 Å². The van der Waals surface area contributed by atoms with E-state index in [0.717, 1.165) is 46.8 Å². The summed E-state index contributed by atoms with van der Waals surface area (Å²) in [6.07, 6.45) is 5.91. The Balaban J connectivity index is 0.000000837. The Hall–Kier alpha value is -2.76. The zero-order chi connectivity index (χ0) is 23.8. The van der Waals surface area contributed by atoms with Crippen LogP contribution in [0.3, 0.4) is 0 Å². The third kappa shape index (κ3) is 7.43. The summed E-state index contributed by atoms with van der Waals surface area (Å²) < 4.78 is 16.4. The van der Waals surface area contributed by atoms with E-state index in [-0.39, 0.29) is 5.82 Å². The Morgan fingerprint density at radius 2 is 1.84 bits per heavy atom. The smallest absolute Gasteiger partial charge is 0.240 e. The number of fused-ring (bicyclic) bond motifs is 1. The first kappa shape index (κ1) is 25.5. The Bertz CT molecular complexity index is 1020. The van der Waals surface area contributed by atoms with Gasteiger partial charge >= 0.3 is 0 Å². The second-order valence-corrected chi connectivity index (χ2v) is 9.52. The molecule has 0 amide bonds. The molecule has 2 heterocycles. The second-order valence-electron chi connectivity index (χ2n) is 9.52. The van der Waals surface area contributed by atoms with Gasteiger partial charge in [0.1, 0.15) is 11.5 Å². The maximum atomic E-state index is 14.6. The highest BCUT2D eigenvalue weighted by Crippen LogP contribution is 2.32. The molecule has 6 heteroatoms. The maximum absolute atomic E-state index is 14.6. The van der Waals surface area contributed by atoms with Crippen LogP contribution < -0.4 is 5.32 Å². The van der Waals surface area contributed by atoms with Crippen molar-refractivity contribution in [2.24, 2.45) is 16.8 Å². The van der Waals surface area contributed by atoms with Crippen LogP contribution in [0.25, 0.3) is 16.6 Å². The van der Waals surface area contributed by atoms with Gasteiger partial charge in [0, 0.05) is 24.0 Å². The van der Waals surface area contributed by atoms with Gasteiger partial charge in [-0.1, -0.05) is 34.6 Å². The van der Waals surface area contributed by atoms with Crippen LogP contribution in [0.5, 0.6) is 0 Å². The van der Waals surface area contributed by atoms with E-state index in [1.165, 1.54) is 12.5 Å². The monoisotopic (exact) mass is 439 g/mol. The highest BCUT2D eigenvalue weighted by molar-refractivity contribution is 5.85. The third-order valence-electron chi connectivity index (χ3n) is 4.56. The zero-order valence-electron chi connectivity index (χ0n) is 20.8. The average Bonchev–Trinajstić information content (AvgIpc) is 3.10. The van der Waals surface area contributed by atoms with Crippen LogP contribution in [0.4, 0.5) is 16.0 Å². The van der Waals surface area contributed by atoms with E-state index >= 15 is 0 Å². The predicted octanol–water partition coefficient (Wildman–Crippen LogP) is 7.47. The lowest BCUT2D eigenvalue weighted by Crippen LogP contribution is -2.08. The Morgan fingerprint density at radius 3 is 2.44 bits per heavy atom. The van der Waals surface area contributed by atoms with Crippen LogP contribution in [0, 0.1) is 24.6 Å². The lowest BCUT2D eigenvalue weighted by molar-refractivity contribution is 0.566. The van der Waals surface area contributed by atoms with Crippen LogP contribution >= 0.6 is 0 Å². The molecular weight excluding hydrogens is 401 g/mol. The first-order chi connectivity index (χ1) is 15.1. The molecule has 0 aliphatic carbocycles. The number of halogens is 1. The number of aryl methyl sites for hydroxylation is 1. The first-order valence-electron chi connectivity index (χ1n) is 11.5. The largest absolute Gasteiger partial charge is 0.353 e. The van der Waals surface area contributed by atoms with Gasteiger partial charge in [-0.3, -0.25) is 4.99 Å². The molecular formula is C26H38FN5. The minimum absolute atomic E-state index is 0.320. The molecule has 0 atom stereocenters. The number of hydrogen-bond donors (Lipinski definition) is 1. The molecule has 3 rings (SSSR count). The fourth-order valence-electron chi connectivity index (χ4n) is 3.19. The van der Waals surface area contributed by atoms with E-state index in [9.17, 15) is 4.39 Å². The molecule has 0 spiro atoms. The fourth-order valence-corrected chi connectivity index (χ4v) is 3.19. The van der Waals surface area contributed by atoms with E-state index in [1.54, 1.807) is 10.7 Å². The van der Waals surface area contributed by atoms with Crippen molar-refractivity contribution in [1.82, 2.24) is 14.6 Å². The summed E-state index contributed by atoms with van der Waals surface area (Å²) in [4.78, 5) is 8.73. The molecule has 0 bridgehead atoms. The minimum Gasteiger partial charge on any atom is -0.353 e. The Kier molecular flexibility index (Phi) is 9.36. The van der Waals surface area contributed by atoms with Crippen LogP contribution in [0.1, 0.15) is 66.9 Å². The number of nitrogens with one attached hydrogen (secondary N) is 1. The van der Waals surface area contributed by atoms with E-state index < -0.39 is 0 Å². The van der Waals surface area contributed by atoms with Crippen molar-refractivity contribution in [3.8, 4) is 11.1 Å². The molecule has 0 aliphatic heterocycles. The average molecular weight is 440 g/mol. The maximum Gasteiger partial charge on any atom is 0.240 e. The minimum atomic E-state index is -0.320. The molecule has 1 N–H and O–H groups in total. The van der Waals surface area contributed by atoms with Gasteiger partial charge in [0.05, 0.1) is 11.7 Å². The summed E-state index contributed by atoms with van der Waals surface area (Å²) in [5, 5.41) is 7.79. The fraction of sp³-hybridized carbons (Fsp3) is 0.500. The molecule has 5 nitrogen and oxygen atoms in total. The molecule has 32 heavy (non-hydrogen) atoms. The van der Waals surface area contributed by atoms with Gasteiger partial charge < -0.3 is 5.32 Å². The molecule has 0 aliphatic rings. The van der Waals surface area contributed by atoms with E-state index in [1.807, 2.05) is 39.1 Å². The highest BCUT2D eigenvalue weighted by atomic mass is 19.1. The summed E-state index contributed by atoms with van der Waals surface area (Å²) >= 11 is 0. The van der Waals surface area contributed by atoms with Gasteiger partial charge in [-0.15, -0.1) is 5.10 Å². The molecule has 0 saturated carbocycles. The number of benzene rings is 1. The highest BCUT2D eigenvalue weighted by Gasteiger charge is 2.13. The van der Waals surface area contributed by atoms with E-state index in [2.05, 4.69) is 55.0 Å². The van der Waals surface area contributed by atoms with Crippen LogP contribution in [0.2, 0.25) is 0 Å². The second kappa shape index (κ2) is 11.7. The van der Waals surface area contributed by atoms with Crippen LogP contribution in [-0.4, -0.2) is 26.9 Å². The van der Waals surface area contributed by atoms with Crippen molar-refractivity contribution < 1.29 is 4.39 Å². The van der Waals surface area contributed by atoms with Gasteiger partial charge in [-0.25, -0.2) is 13.9 Å².